The summed E-state index contributed by atoms with van der Waals surface area (Å²) in [5.41, 5.74) is 1.05. The molecule has 1 saturated carbocycles. The van der Waals surface area contributed by atoms with Gasteiger partial charge in [-0.25, -0.2) is 0 Å². The van der Waals surface area contributed by atoms with Crippen LogP contribution in [0, 0.1) is 5.92 Å². The van der Waals surface area contributed by atoms with Gasteiger partial charge in [-0.05, 0) is 53.8 Å². The van der Waals surface area contributed by atoms with Crippen molar-refractivity contribution in [2.45, 2.75) is 31.9 Å². The summed E-state index contributed by atoms with van der Waals surface area (Å²) < 4.78 is 5.22. The van der Waals surface area contributed by atoms with Crippen LogP contribution in [-0.2, 0) is 11.3 Å². The van der Waals surface area contributed by atoms with E-state index in [0.717, 1.165) is 41.3 Å². The molecule has 1 fully saturated rings. The molecule has 0 heterocycles. The zero-order valence-electron chi connectivity index (χ0n) is 12.7. The Balaban J connectivity index is 1.67. The van der Waals surface area contributed by atoms with Crippen LogP contribution in [-0.4, -0.2) is 24.2 Å². The molecule has 0 radical (unpaired) electrons. The summed E-state index contributed by atoms with van der Waals surface area (Å²) in [6, 6.07) is 12.0. The number of fused-ring (bicyclic) bond motifs is 1. The number of amides is 1. The van der Waals surface area contributed by atoms with Crippen LogP contribution in [0.1, 0.15) is 24.8 Å². The van der Waals surface area contributed by atoms with Crippen LogP contribution in [0.2, 0.25) is 0 Å². The van der Waals surface area contributed by atoms with Gasteiger partial charge < -0.3 is 15.2 Å². The second kappa shape index (κ2) is 6.36. The molecule has 0 aromatic heterocycles. The number of carbonyl (C=O) groups excluding carboxylic acids is 1. The highest BCUT2D eigenvalue weighted by molar-refractivity contribution is 5.85. The van der Waals surface area contributed by atoms with Gasteiger partial charge >= 0.3 is 0 Å². The van der Waals surface area contributed by atoms with E-state index in [9.17, 15) is 9.90 Å². The predicted octanol–water partition coefficient (Wildman–Crippen LogP) is 2.63. The highest BCUT2D eigenvalue weighted by atomic mass is 16.5. The van der Waals surface area contributed by atoms with Crippen LogP contribution >= 0.6 is 0 Å². The van der Waals surface area contributed by atoms with Crippen LogP contribution in [0.4, 0.5) is 0 Å². The van der Waals surface area contributed by atoms with Gasteiger partial charge in [0.05, 0.1) is 19.1 Å². The monoisotopic (exact) mass is 299 g/mol. The van der Waals surface area contributed by atoms with E-state index in [4.69, 9.17) is 4.74 Å². The third kappa shape index (κ3) is 3.07. The molecule has 0 bridgehead atoms. The minimum absolute atomic E-state index is 0.0418. The fourth-order valence-corrected chi connectivity index (χ4v) is 3.08. The minimum atomic E-state index is -0.482. The van der Waals surface area contributed by atoms with Crippen molar-refractivity contribution in [1.29, 1.82) is 0 Å². The molecule has 1 amide bonds. The van der Waals surface area contributed by atoms with Crippen molar-refractivity contribution in [2.24, 2.45) is 5.92 Å². The molecule has 3 rings (SSSR count). The second-order valence-electron chi connectivity index (χ2n) is 5.87. The zero-order valence-corrected chi connectivity index (χ0v) is 12.7. The lowest BCUT2D eigenvalue weighted by molar-refractivity contribution is -0.127. The summed E-state index contributed by atoms with van der Waals surface area (Å²) in [7, 11) is 1.66. The number of carbonyl (C=O) groups is 1. The van der Waals surface area contributed by atoms with Crippen molar-refractivity contribution in [3.05, 3.63) is 42.0 Å². The lowest BCUT2D eigenvalue weighted by atomic mass is 10.0. The average Bonchev–Trinajstić information content (AvgIpc) is 2.98. The number of hydrogen-bond acceptors (Lipinski definition) is 3. The third-order valence-electron chi connectivity index (χ3n) is 4.39. The topological polar surface area (TPSA) is 58.6 Å². The van der Waals surface area contributed by atoms with Crippen molar-refractivity contribution in [3.63, 3.8) is 0 Å². The van der Waals surface area contributed by atoms with Gasteiger partial charge in [0.1, 0.15) is 5.75 Å². The summed E-state index contributed by atoms with van der Waals surface area (Å²) in [6.45, 7) is 0.490. The summed E-state index contributed by atoms with van der Waals surface area (Å²) >= 11 is 0. The van der Waals surface area contributed by atoms with Crippen LogP contribution in [0.5, 0.6) is 5.75 Å². The predicted molar refractivity (Wildman–Crippen MR) is 85.7 cm³/mol. The van der Waals surface area contributed by atoms with Gasteiger partial charge in [-0.3, -0.25) is 4.79 Å². The number of benzene rings is 2. The SMILES string of the molecule is COc1ccc2cc(CNC(=O)C3CCCC3O)ccc2c1. The maximum atomic E-state index is 12.1. The van der Waals surface area contributed by atoms with Crippen LogP contribution in [0.3, 0.4) is 0 Å². The van der Waals surface area contributed by atoms with E-state index < -0.39 is 6.10 Å². The molecule has 2 aromatic rings. The molecule has 22 heavy (non-hydrogen) atoms. The summed E-state index contributed by atoms with van der Waals surface area (Å²) in [4.78, 5) is 12.1. The first-order valence-corrected chi connectivity index (χ1v) is 7.70. The molecule has 2 atom stereocenters. The normalized spacial score (nSPS) is 21.0. The maximum absolute atomic E-state index is 12.1. The molecule has 4 nitrogen and oxygen atoms in total. The van der Waals surface area contributed by atoms with Crippen molar-refractivity contribution in [1.82, 2.24) is 5.32 Å². The Morgan fingerprint density at radius 2 is 2.00 bits per heavy atom. The number of hydrogen-bond donors (Lipinski definition) is 2. The maximum Gasteiger partial charge on any atom is 0.225 e. The van der Waals surface area contributed by atoms with E-state index in [1.54, 1.807) is 7.11 Å². The van der Waals surface area contributed by atoms with E-state index in [2.05, 4.69) is 11.4 Å². The molecule has 0 aliphatic heterocycles. The molecule has 2 aromatic carbocycles. The Morgan fingerprint density at radius 1 is 1.23 bits per heavy atom. The lowest BCUT2D eigenvalue weighted by Crippen LogP contribution is -2.34. The second-order valence-corrected chi connectivity index (χ2v) is 5.87. The number of rotatable bonds is 4. The van der Waals surface area contributed by atoms with Crippen LogP contribution < -0.4 is 10.1 Å². The molecule has 0 saturated heterocycles. The quantitative estimate of drug-likeness (QED) is 0.912. The van der Waals surface area contributed by atoms with E-state index >= 15 is 0 Å². The number of methoxy groups -OCH3 is 1. The van der Waals surface area contributed by atoms with E-state index in [1.807, 2.05) is 30.3 Å². The Bertz CT molecular complexity index is 683. The third-order valence-corrected chi connectivity index (χ3v) is 4.39. The van der Waals surface area contributed by atoms with Crippen LogP contribution in [0.15, 0.2) is 36.4 Å². The molecular formula is C18H21NO3. The first kappa shape index (κ1) is 14.9. The van der Waals surface area contributed by atoms with Gasteiger partial charge in [0.15, 0.2) is 0 Å². The van der Waals surface area contributed by atoms with Gasteiger partial charge in [-0.15, -0.1) is 0 Å². The van der Waals surface area contributed by atoms with Gasteiger partial charge in [0.25, 0.3) is 0 Å². The number of aliphatic hydroxyl groups is 1. The van der Waals surface area contributed by atoms with Gasteiger partial charge in [-0.1, -0.05) is 18.2 Å². The number of aliphatic hydroxyl groups excluding tert-OH is 1. The molecular weight excluding hydrogens is 278 g/mol. The Kier molecular flexibility index (Phi) is 4.29. The highest BCUT2D eigenvalue weighted by Gasteiger charge is 2.31. The molecule has 4 heteroatoms. The summed E-state index contributed by atoms with van der Waals surface area (Å²) in [5.74, 6) is 0.549. The Labute approximate surface area is 130 Å². The average molecular weight is 299 g/mol. The molecule has 116 valence electrons. The van der Waals surface area contributed by atoms with Crippen molar-refractivity contribution < 1.29 is 14.6 Å². The van der Waals surface area contributed by atoms with Crippen molar-refractivity contribution in [3.8, 4) is 5.75 Å². The molecule has 2 N–H and O–H groups in total. The first-order chi connectivity index (χ1) is 10.7. The van der Waals surface area contributed by atoms with Crippen LogP contribution in [0.25, 0.3) is 10.8 Å². The summed E-state index contributed by atoms with van der Waals surface area (Å²) in [5, 5.41) is 14.9. The fourth-order valence-electron chi connectivity index (χ4n) is 3.08. The number of nitrogens with one attached hydrogen (secondary N) is 1. The minimum Gasteiger partial charge on any atom is -0.497 e. The molecule has 0 spiro atoms. The van der Waals surface area contributed by atoms with Gasteiger partial charge in [-0.2, -0.15) is 0 Å². The first-order valence-electron chi connectivity index (χ1n) is 7.70. The van der Waals surface area contributed by atoms with E-state index in [-0.39, 0.29) is 11.8 Å². The Morgan fingerprint density at radius 3 is 2.73 bits per heavy atom. The van der Waals surface area contributed by atoms with Gasteiger partial charge in [0.2, 0.25) is 5.91 Å². The lowest BCUT2D eigenvalue weighted by Gasteiger charge is -2.14. The largest absolute Gasteiger partial charge is 0.497 e. The van der Waals surface area contributed by atoms with E-state index in [0.29, 0.717) is 6.54 Å². The molecule has 2 unspecified atom stereocenters. The number of ether oxygens (including phenoxy) is 1. The van der Waals surface area contributed by atoms with Crippen molar-refractivity contribution in [2.75, 3.05) is 7.11 Å². The van der Waals surface area contributed by atoms with E-state index in [1.165, 1.54) is 0 Å². The Hall–Kier alpha value is -2.07. The highest BCUT2D eigenvalue weighted by Crippen LogP contribution is 2.26. The summed E-state index contributed by atoms with van der Waals surface area (Å²) in [6.07, 6.45) is 1.96. The zero-order chi connectivity index (χ0) is 15.5. The molecule has 1 aliphatic carbocycles. The molecule has 1 aliphatic rings. The smallest absolute Gasteiger partial charge is 0.225 e. The van der Waals surface area contributed by atoms with Crippen molar-refractivity contribution >= 4 is 16.7 Å². The van der Waals surface area contributed by atoms with Gasteiger partial charge in [0, 0.05) is 6.54 Å². The fraction of sp³-hybridized carbons (Fsp3) is 0.389. The standard InChI is InChI=1S/C18H21NO3/c1-22-15-8-7-13-9-12(5-6-14(13)10-15)11-19-18(21)16-3-2-4-17(16)20/h5-10,16-17,20H,2-4,11H2,1H3,(H,19,21).